The van der Waals surface area contributed by atoms with Gasteiger partial charge in [-0.3, -0.25) is 4.79 Å². The standard InChI is InChI=1S/C17H19F5O2/c1-2-11-3-5-12(6-4-11)15(23)24-14-9-7-13(8-10-14)16(18,19)17(20,21)22/h7-12H,2-6H2,1H3/t11-,12-. The Morgan fingerprint density at radius 1 is 1.04 bits per heavy atom. The Labute approximate surface area is 137 Å². The largest absolute Gasteiger partial charge is 0.458 e. The van der Waals surface area contributed by atoms with E-state index in [0.29, 0.717) is 30.9 Å². The first-order valence-electron chi connectivity index (χ1n) is 7.92. The smallest absolute Gasteiger partial charge is 0.426 e. The lowest BCUT2D eigenvalue weighted by Gasteiger charge is -2.26. The fourth-order valence-corrected chi connectivity index (χ4v) is 2.90. The highest BCUT2D eigenvalue weighted by Crippen LogP contribution is 2.44. The minimum absolute atomic E-state index is 0.0284. The van der Waals surface area contributed by atoms with E-state index in [1.165, 1.54) is 0 Å². The predicted molar refractivity (Wildman–Crippen MR) is 77.8 cm³/mol. The first kappa shape index (κ1) is 18.7. The number of carbonyl (C=O) groups excluding carboxylic acids is 1. The van der Waals surface area contributed by atoms with Crippen LogP contribution in [0.25, 0.3) is 0 Å². The van der Waals surface area contributed by atoms with Crippen LogP contribution in [0.3, 0.4) is 0 Å². The quantitative estimate of drug-likeness (QED) is 0.409. The minimum Gasteiger partial charge on any atom is -0.426 e. The Bertz CT molecular complexity index is 557. The molecule has 24 heavy (non-hydrogen) atoms. The molecule has 0 aromatic heterocycles. The van der Waals surface area contributed by atoms with Crippen LogP contribution in [-0.2, 0) is 10.7 Å². The monoisotopic (exact) mass is 350 g/mol. The number of esters is 1. The highest BCUT2D eigenvalue weighted by atomic mass is 19.4. The molecule has 2 nitrogen and oxygen atoms in total. The lowest BCUT2D eigenvalue weighted by molar-refractivity contribution is -0.289. The van der Waals surface area contributed by atoms with Gasteiger partial charge in [0.2, 0.25) is 0 Å². The van der Waals surface area contributed by atoms with E-state index in [1.54, 1.807) is 0 Å². The summed E-state index contributed by atoms with van der Waals surface area (Å²) < 4.78 is 68.4. The third-order valence-electron chi connectivity index (χ3n) is 4.55. The van der Waals surface area contributed by atoms with Crippen molar-refractivity contribution < 1.29 is 31.5 Å². The summed E-state index contributed by atoms with van der Waals surface area (Å²) in [5, 5.41) is 0. The van der Waals surface area contributed by atoms with Gasteiger partial charge in [0.1, 0.15) is 5.75 Å². The van der Waals surface area contributed by atoms with Gasteiger partial charge in [0.25, 0.3) is 0 Å². The van der Waals surface area contributed by atoms with Gasteiger partial charge >= 0.3 is 18.1 Å². The first-order chi connectivity index (χ1) is 11.1. The molecular weight excluding hydrogens is 331 g/mol. The van der Waals surface area contributed by atoms with Crippen molar-refractivity contribution in [1.29, 1.82) is 0 Å². The maximum absolute atomic E-state index is 13.2. The van der Waals surface area contributed by atoms with E-state index >= 15 is 0 Å². The Morgan fingerprint density at radius 2 is 1.58 bits per heavy atom. The van der Waals surface area contributed by atoms with Crippen molar-refractivity contribution in [3.05, 3.63) is 29.8 Å². The zero-order valence-corrected chi connectivity index (χ0v) is 13.2. The van der Waals surface area contributed by atoms with Crippen LogP contribution < -0.4 is 4.74 Å². The van der Waals surface area contributed by atoms with Crippen LogP contribution in [0.15, 0.2) is 24.3 Å². The molecule has 0 aliphatic heterocycles. The highest BCUT2D eigenvalue weighted by Gasteiger charge is 2.58. The van der Waals surface area contributed by atoms with Gasteiger partial charge in [-0.15, -0.1) is 0 Å². The SMILES string of the molecule is CC[C@H]1CC[C@H](C(=O)Oc2ccc(C(F)(F)C(F)(F)F)cc2)CC1. The molecule has 0 N–H and O–H groups in total. The second-order valence-electron chi connectivity index (χ2n) is 6.14. The molecule has 1 saturated carbocycles. The number of benzene rings is 1. The molecule has 1 fully saturated rings. The van der Waals surface area contributed by atoms with Crippen LogP contribution >= 0.6 is 0 Å². The van der Waals surface area contributed by atoms with Crippen LogP contribution in [-0.4, -0.2) is 12.1 Å². The molecular formula is C17H19F5O2. The number of ether oxygens (including phenoxy) is 1. The normalized spacial score (nSPS) is 22.2. The average Bonchev–Trinajstić information content (AvgIpc) is 2.54. The van der Waals surface area contributed by atoms with Crippen molar-refractivity contribution in [3.8, 4) is 5.75 Å². The molecule has 2 rings (SSSR count). The highest BCUT2D eigenvalue weighted by molar-refractivity contribution is 5.75. The Kier molecular flexibility index (Phi) is 5.50. The third kappa shape index (κ3) is 4.05. The maximum Gasteiger partial charge on any atom is 0.458 e. The van der Waals surface area contributed by atoms with Crippen LogP contribution in [0.4, 0.5) is 22.0 Å². The fourth-order valence-electron chi connectivity index (χ4n) is 2.90. The van der Waals surface area contributed by atoms with Gasteiger partial charge in [-0.05, 0) is 55.9 Å². The Hall–Kier alpha value is -1.66. The number of alkyl halides is 5. The van der Waals surface area contributed by atoms with E-state index in [4.69, 9.17) is 4.74 Å². The molecule has 0 atom stereocenters. The number of hydrogen-bond donors (Lipinski definition) is 0. The molecule has 0 saturated heterocycles. The van der Waals surface area contributed by atoms with Gasteiger partial charge in [-0.2, -0.15) is 22.0 Å². The van der Waals surface area contributed by atoms with Crippen molar-refractivity contribution in [3.63, 3.8) is 0 Å². The van der Waals surface area contributed by atoms with E-state index in [-0.39, 0.29) is 11.7 Å². The molecule has 0 amide bonds. The summed E-state index contributed by atoms with van der Waals surface area (Å²) in [6, 6.07) is 3.18. The number of halogens is 5. The van der Waals surface area contributed by atoms with Gasteiger partial charge in [0, 0.05) is 5.56 Å². The minimum atomic E-state index is -5.66. The molecule has 1 aliphatic carbocycles. The summed E-state index contributed by atoms with van der Waals surface area (Å²) in [7, 11) is 0. The maximum atomic E-state index is 13.2. The summed E-state index contributed by atoms with van der Waals surface area (Å²) in [4.78, 5) is 12.1. The van der Waals surface area contributed by atoms with Crippen molar-refractivity contribution in [2.75, 3.05) is 0 Å². The molecule has 1 aliphatic rings. The van der Waals surface area contributed by atoms with Gasteiger partial charge < -0.3 is 4.74 Å². The van der Waals surface area contributed by atoms with Crippen LogP contribution in [0.2, 0.25) is 0 Å². The molecule has 1 aromatic rings. The summed E-state index contributed by atoms with van der Waals surface area (Å²) in [5.41, 5.74) is -1.18. The molecule has 0 spiro atoms. The van der Waals surface area contributed by atoms with Crippen LogP contribution in [0.1, 0.15) is 44.6 Å². The fraction of sp³-hybridized carbons (Fsp3) is 0.588. The molecule has 134 valence electrons. The topological polar surface area (TPSA) is 26.3 Å². The van der Waals surface area contributed by atoms with Gasteiger partial charge in [0.15, 0.2) is 0 Å². The van der Waals surface area contributed by atoms with Crippen molar-refractivity contribution in [1.82, 2.24) is 0 Å². The van der Waals surface area contributed by atoms with Crippen molar-refractivity contribution >= 4 is 5.97 Å². The third-order valence-corrected chi connectivity index (χ3v) is 4.55. The van der Waals surface area contributed by atoms with Gasteiger partial charge in [-0.1, -0.05) is 13.3 Å². The van der Waals surface area contributed by atoms with E-state index < -0.39 is 23.6 Å². The van der Waals surface area contributed by atoms with E-state index in [1.807, 2.05) is 0 Å². The van der Waals surface area contributed by atoms with E-state index in [2.05, 4.69) is 6.92 Å². The number of hydrogen-bond acceptors (Lipinski definition) is 2. The van der Waals surface area contributed by atoms with E-state index in [0.717, 1.165) is 31.4 Å². The molecule has 7 heteroatoms. The van der Waals surface area contributed by atoms with Crippen molar-refractivity contribution in [2.45, 2.75) is 51.1 Å². The lowest BCUT2D eigenvalue weighted by atomic mass is 9.81. The van der Waals surface area contributed by atoms with E-state index in [9.17, 15) is 26.7 Å². The molecule has 0 unspecified atom stereocenters. The summed E-state index contributed by atoms with van der Waals surface area (Å²) in [6.07, 6.45) is -1.30. The zero-order chi connectivity index (χ0) is 18.0. The predicted octanol–water partition coefficient (Wildman–Crippen LogP) is 5.46. The summed E-state index contributed by atoms with van der Waals surface area (Å²) in [5.74, 6) is -5.06. The summed E-state index contributed by atoms with van der Waals surface area (Å²) in [6.45, 7) is 2.10. The Balaban J connectivity index is 1.98. The molecule has 0 heterocycles. The van der Waals surface area contributed by atoms with Gasteiger partial charge in [-0.25, -0.2) is 0 Å². The summed E-state index contributed by atoms with van der Waals surface area (Å²) >= 11 is 0. The number of rotatable bonds is 4. The number of carbonyl (C=O) groups is 1. The Morgan fingerprint density at radius 3 is 2.04 bits per heavy atom. The van der Waals surface area contributed by atoms with Gasteiger partial charge in [0.05, 0.1) is 5.92 Å². The zero-order valence-electron chi connectivity index (χ0n) is 13.2. The average molecular weight is 350 g/mol. The lowest BCUT2D eigenvalue weighted by Crippen LogP contribution is -2.33. The van der Waals surface area contributed by atoms with Crippen LogP contribution in [0, 0.1) is 11.8 Å². The van der Waals surface area contributed by atoms with Crippen LogP contribution in [0.5, 0.6) is 5.75 Å². The van der Waals surface area contributed by atoms with Crippen molar-refractivity contribution in [2.24, 2.45) is 11.8 Å². The second-order valence-corrected chi connectivity index (χ2v) is 6.14. The molecule has 0 bridgehead atoms. The molecule has 0 radical (unpaired) electrons. The molecule has 1 aromatic carbocycles. The second kappa shape index (κ2) is 7.07. The first-order valence-corrected chi connectivity index (χ1v) is 7.92.